The van der Waals surface area contributed by atoms with Gasteiger partial charge in [0.15, 0.2) is 0 Å². The molecule has 1 aliphatic heterocycles. The summed E-state index contributed by atoms with van der Waals surface area (Å²) in [7, 11) is 1.81. The van der Waals surface area contributed by atoms with E-state index in [1.807, 2.05) is 46.1 Å². The normalized spacial score (nSPS) is 18.7. The molecule has 1 aromatic rings. The lowest BCUT2D eigenvalue weighted by Gasteiger charge is -2.28. The first-order valence-corrected chi connectivity index (χ1v) is 8.16. The van der Waals surface area contributed by atoms with Gasteiger partial charge in [0.25, 0.3) is 0 Å². The van der Waals surface area contributed by atoms with Crippen molar-refractivity contribution in [2.75, 3.05) is 25.0 Å². The third-order valence-electron chi connectivity index (χ3n) is 3.43. The third-order valence-corrected chi connectivity index (χ3v) is 4.07. The summed E-state index contributed by atoms with van der Waals surface area (Å²) in [5.74, 6) is 0.968. The van der Waals surface area contributed by atoms with Crippen molar-refractivity contribution in [1.82, 2.24) is 9.88 Å². The predicted octanol–water partition coefficient (Wildman–Crippen LogP) is 3.13. The Hall–Kier alpha value is -1.05. The van der Waals surface area contributed by atoms with E-state index in [2.05, 4.69) is 32.5 Å². The molecule has 2 rings (SSSR count). The first-order valence-electron chi connectivity index (χ1n) is 7.08. The quantitative estimate of drug-likeness (QED) is 0.712. The average Bonchev–Trinajstić information content (AvgIpc) is 2.86. The van der Waals surface area contributed by atoms with Crippen LogP contribution in [0.1, 0.15) is 27.2 Å². The van der Waals surface area contributed by atoms with Crippen molar-refractivity contribution >= 4 is 34.5 Å². The Kier molecular flexibility index (Phi) is 4.95. The predicted molar refractivity (Wildman–Crippen MR) is 91.6 cm³/mol. The Morgan fingerprint density at radius 2 is 2.19 bits per heavy atom. The van der Waals surface area contributed by atoms with Crippen LogP contribution in [0, 0.1) is 3.57 Å². The number of aromatic nitrogens is 1. The zero-order valence-corrected chi connectivity index (χ0v) is 15.1. The topological polar surface area (TPSA) is 45.7 Å². The van der Waals surface area contributed by atoms with E-state index in [1.54, 1.807) is 4.90 Å². The monoisotopic (exact) mass is 403 g/mol. The molecule has 2 heterocycles. The fraction of sp³-hybridized carbons (Fsp3) is 0.600. The molecule has 0 radical (unpaired) electrons. The van der Waals surface area contributed by atoms with Gasteiger partial charge in [-0.05, 0) is 61.9 Å². The molecule has 5 nitrogen and oxygen atoms in total. The molecule has 1 aromatic heterocycles. The van der Waals surface area contributed by atoms with Crippen LogP contribution < -0.4 is 4.90 Å². The molecule has 6 heteroatoms. The van der Waals surface area contributed by atoms with Crippen molar-refractivity contribution in [3.63, 3.8) is 0 Å². The standard InChI is InChI=1S/C15H22IN3O2/c1-15(2,3)21-14(20)18(4)12-7-8-19(10-12)13-6-5-11(16)9-17-13/h5-6,9,12H,7-8,10H2,1-4H3/t12-/m1/s1. The maximum absolute atomic E-state index is 12.1. The van der Waals surface area contributed by atoms with Crippen LogP contribution in [0.4, 0.5) is 10.6 Å². The SMILES string of the molecule is CN(C(=O)OC(C)(C)C)[C@@H]1CCN(c2ccc(I)cn2)C1. The van der Waals surface area contributed by atoms with Crippen molar-refractivity contribution in [1.29, 1.82) is 0 Å². The van der Waals surface area contributed by atoms with Crippen LogP contribution >= 0.6 is 22.6 Å². The van der Waals surface area contributed by atoms with Crippen LogP contribution in [0.25, 0.3) is 0 Å². The van der Waals surface area contributed by atoms with E-state index in [0.29, 0.717) is 0 Å². The van der Waals surface area contributed by atoms with Crippen LogP contribution in [0.15, 0.2) is 18.3 Å². The van der Waals surface area contributed by atoms with Crippen molar-refractivity contribution in [2.45, 2.75) is 38.8 Å². The van der Waals surface area contributed by atoms with Gasteiger partial charge in [0.2, 0.25) is 0 Å². The minimum atomic E-state index is -0.457. The Morgan fingerprint density at radius 3 is 2.76 bits per heavy atom. The molecular formula is C15H22IN3O2. The number of anilines is 1. The fourth-order valence-electron chi connectivity index (χ4n) is 2.30. The van der Waals surface area contributed by atoms with E-state index in [0.717, 1.165) is 28.9 Å². The highest BCUT2D eigenvalue weighted by molar-refractivity contribution is 14.1. The second kappa shape index (κ2) is 6.37. The van der Waals surface area contributed by atoms with E-state index >= 15 is 0 Å². The molecule has 116 valence electrons. The zero-order chi connectivity index (χ0) is 15.6. The smallest absolute Gasteiger partial charge is 0.410 e. The number of pyridine rings is 1. The van der Waals surface area contributed by atoms with Crippen LogP contribution in [-0.4, -0.2) is 47.8 Å². The first-order chi connectivity index (χ1) is 9.76. The lowest BCUT2D eigenvalue weighted by molar-refractivity contribution is 0.0238. The second-order valence-electron chi connectivity index (χ2n) is 6.31. The number of amides is 1. The van der Waals surface area contributed by atoms with Gasteiger partial charge in [-0.2, -0.15) is 0 Å². The molecular weight excluding hydrogens is 381 g/mol. The molecule has 0 aromatic carbocycles. The largest absolute Gasteiger partial charge is 0.444 e. The van der Waals surface area contributed by atoms with Gasteiger partial charge < -0.3 is 14.5 Å². The minimum Gasteiger partial charge on any atom is -0.444 e. The molecule has 0 N–H and O–H groups in total. The molecule has 1 fully saturated rings. The van der Waals surface area contributed by atoms with Crippen LogP contribution in [0.2, 0.25) is 0 Å². The van der Waals surface area contributed by atoms with Crippen molar-refractivity contribution in [3.05, 3.63) is 21.9 Å². The number of carbonyl (C=O) groups excluding carboxylic acids is 1. The molecule has 1 aliphatic rings. The minimum absolute atomic E-state index is 0.168. The Bertz CT molecular complexity index is 499. The van der Waals surface area contributed by atoms with E-state index < -0.39 is 5.60 Å². The summed E-state index contributed by atoms with van der Waals surface area (Å²) < 4.78 is 6.54. The molecule has 0 unspecified atom stereocenters. The summed E-state index contributed by atoms with van der Waals surface area (Å²) in [6.45, 7) is 7.36. The highest BCUT2D eigenvalue weighted by Gasteiger charge is 2.31. The van der Waals surface area contributed by atoms with Crippen molar-refractivity contribution in [2.24, 2.45) is 0 Å². The second-order valence-corrected chi connectivity index (χ2v) is 7.56. The summed E-state index contributed by atoms with van der Waals surface area (Å²) >= 11 is 2.24. The maximum atomic E-state index is 12.1. The molecule has 0 saturated carbocycles. The molecule has 1 atom stereocenters. The number of hydrogen-bond donors (Lipinski definition) is 0. The van der Waals surface area contributed by atoms with Gasteiger partial charge in [0.05, 0.1) is 6.04 Å². The zero-order valence-electron chi connectivity index (χ0n) is 13.0. The van der Waals surface area contributed by atoms with Gasteiger partial charge in [-0.3, -0.25) is 0 Å². The molecule has 0 bridgehead atoms. The van der Waals surface area contributed by atoms with E-state index in [-0.39, 0.29) is 12.1 Å². The number of nitrogens with zero attached hydrogens (tertiary/aromatic N) is 3. The lowest BCUT2D eigenvalue weighted by Crippen LogP contribution is -2.42. The van der Waals surface area contributed by atoms with E-state index in [4.69, 9.17) is 4.74 Å². The van der Waals surface area contributed by atoms with E-state index in [9.17, 15) is 4.79 Å². The van der Waals surface area contributed by atoms with Gasteiger partial charge in [-0.15, -0.1) is 0 Å². The van der Waals surface area contributed by atoms with Gasteiger partial charge in [0, 0.05) is 29.9 Å². The Morgan fingerprint density at radius 1 is 1.48 bits per heavy atom. The van der Waals surface area contributed by atoms with E-state index in [1.165, 1.54) is 0 Å². The van der Waals surface area contributed by atoms with Gasteiger partial charge in [0.1, 0.15) is 11.4 Å². The summed E-state index contributed by atoms with van der Waals surface area (Å²) in [6.07, 6.45) is 2.54. The van der Waals surface area contributed by atoms with Crippen LogP contribution in [0.3, 0.4) is 0 Å². The Balaban J connectivity index is 1.95. The number of carbonyl (C=O) groups is 1. The number of ether oxygens (including phenoxy) is 1. The number of halogens is 1. The van der Waals surface area contributed by atoms with Crippen molar-refractivity contribution < 1.29 is 9.53 Å². The Labute approximate surface area is 139 Å². The molecule has 21 heavy (non-hydrogen) atoms. The lowest BCUT2D eigenvalue weighted by atomic mass is 10.2. The summed E-state index contributed by atoms with van der Waals surface area (Å²) in [5.41, 5.74) is -0.457. The molecule has 1 amide bonds. The highest BCUT2D eigenvalue weighted by atomic mass is 127. The summed E-state index contributed by atoms with van der Waals surface area (Å²) in [6, 6.07) is 4.24. The molecule has 1 saturated heterocycles. The van der Waals surface area contributed by atoms with Crippen LogP contribution in [-0.2, 0) is 4.74 Å². The number of hydrogen-bond acceptors (Lipinski definition) is 4. The van der Waals surface area contributed by atoms with Crippen molar-refractivity contribution in [3.8, 4) is 0 Å². The summed E-state index contributed by atoms with van der Waals surface area (Å²) in [5, 5.41) is 0. The first kappa shape index (κ1) is 16.3. The van der Waals surface area contributed by atoms with Gasteiger partial charge >= 0.3 is 6.09 Å². The number of likely N-dealkylation sites (N-methyl/N-ethyl adjacent to an activating group) is 1. The maximum Gasteiger partial charge on any atom is 0.410 e. The molecule has 0 spiro atoms. The van der Waals surface area contributed by atoms with Gasteiger partial charge in [-0.25, -0.2) is 9.78 Å². The fourth-order valence-corrected chi connectivity index (χ4v) is 2.62. The third kappa shape index (κ3) is 4.46. The highest BCUT2D eigenvalue weighted by Crippen LogP contribution is 2.22. The average molecular weight is 403 g/mol. The van der Waals surface area contributed by atoms with Gasteiger partial charge in [-0.1, -0.05) is 0 Å². The molecule has 0 aliphatic carbocycles. The summed E-state index contributed by atoms with van der Waals surface area (Å²) in [4.78, 5) is 20.5. The number of rotatable bonds is 2. The van der Waals surface area contributed by atoms with Crippen LogP contribution in [0.5, 0.6) is 0 Å².